The molecule has 0 unspecified atom stereocenters. The number of furan rings is 1. The lowest BCUT2D eigenvalue weighted by Gasteiger charge is -2.25. The Kier molecular flexibility index (Phi) is 4.33. The summed E-state index contributed by atoms with van der Waals surface area (Å²) in [5.41, 5.74) is 3.25. The van der Waals surface area contributed by atoms with Crippen molar-refractivity contribution < 1.29 is 9.52 Å². The van der Waals surface area contributed by atoms with Crippen LogP contribution in [0.4, 0.5) is 0 Å². The molecule has 2 N–H and O–H groups in total. The van der Waals surface area contributed by atoms with E-state index in [4.69, 9.17) is 4.42 Å². The number of pyridine rings is 1. The number of likely N-dealkylation sites (tertiary alicyclic amines) is 1. The Morgan fingerprint density at radius 3 is 2.61 bits per heavy atom. The van der Waals surface area contributed by atoms with Crippen molar-refractivity contribution in [2.75, 3.05) is 13.1 Å². The fraction of sp³-hybridized carbons (Fsp3) is 0.273. The molecule has 6 nitrogen and oxygen atoms in total. The summed E-state index contributed by atoms with van der Waals surface area (Å²) in [5.74, 6) is 2.01. The van der Waals surface area contributed by atoms with E-state index in [9.17, 15) is 5.11 Å². The fourth-order valence-corrected chi connectivity index (χ4v) is 3.81. The molecule has 0 radical (unpaired) electrons. The first kappa shape index (κ1) is 17.0. The van der Waals surface area contributed by atoms with Crippen molar-refractivity contribution in [2.24, 2.45) is 0 Å². The third kappa shape index (κ3) is 3.27. The van der Waals surface area contributed by atoms with Gasteiger partial charge in [-0.15, -0.1) is 0 Å². The SMILES string of the molecule is Oc1ccc(-c2ccc3c(-c4ccc(CN5CCCCC5)o4)[nH]nc3n2)cc1. The van der Waals surface area contributed by atoms with Crippen molar-refractivity contribution in [1.29, 1.82) is 0 Å². The predicted octanol–water partition coefficient (Wildman–Crippen LogP) is 4.58. The maximum atomic E-state index is 9.46. The van der Waals surface area contributed by atoms with E-state index < -0.39 is 0 Å². The number of benzene rings is 1. The lowest BCUT2D eigenvalue weighted by atomic mass is 10.1. The summed E-state index contributed by atoms with van der Waals surface area (Å²) in [7, 11) is 0. The summed E-state index contributed by atoms with van der Waals surface area (Å²) >= 11 is 0. The second kappa shape index (κ2) is 7.13. The largest absolute Gasteiger partial charge is 0.508 e. The van der Waals surface area contributed by atoms with Gasteiger partial charge in [0.15, 0.2) is 11.4 Å². The Morgan fingerprint density at radius 1 is 0.964 bits per heavy atom. The van der Waals surface area contributed by atoms with Crippen LogP contribution >= 0.6 is 0 Å². The van der Waals surface area contributed by atoms with Crippen molar-refractivity contribution in [3.05, 3.63) is 54.3 Å². The maximum absolute atomic E-state index is 9.46. The maximum Gasteiger partial charge on any atom is 0.182 e. The molecule has 6 heteroatoms. The molecule has 5 rings (SSSR count). The molecule has 1 aliphatic heterocycles. The standard InChI is InChI=1S/C22H22N4O2/c27-16-6-4-15(5-7-16)19-10-9-18-21(24-25-22(18)23-19)20-11-8-17(28-20)14-26-12-2-1-3-13-26/h4-11,27H,1-3,12-14H2,(H,23,24,25). The molecule has 0 spiro atoms. The van der Waals surface area contributed by atoms with Crippen molar-refractivity contribution in [1.82, 2.24) is 20.1 Å². The highest BCUT2D eigenvalue weighted by Gasteiger charge is 2.16. The molecule has 1 aliphatic rings. The Hall–Kier alpha value is -3.12. The molecule has 0 saturated carbocycles. The van der Waals surface area contributed by atoms with Crippen LogP contribution in [0.5, 0.6) is 5.75 Å². The first-order valence-corrected chi connectivity index (χ1v) is 9.72. The van der Waals surface area contributed by atoms with E-state index in [1.807, 2.05) is 30.3 Å². The van der Waals surface area contributed by atoms with Gasteiger partial charge in [0.05, 0.1) is 12.2 Å². The normalized spacial score (nSPS) is 15.3. The van der Waals surface area contributed by atoms with Crippen molar-refractivity contribution >= 4 is 11.0 Å². The number of rotatable bonds is 4. The zero-order valence-electron chi connectivity index (χ0n) is 15.6. The van der Waals surface area contributed by atoms with E-state index in [1.54, 1.807) is 12.1 Å². The fourth-order valence-electron chi connectivity index (χ4n) is 3.81. The Morgan fingerprint density at radius 2 is 1.79 bits per heavy atom. The van der Waals surface area contributed by atoms with E-state index in [2.05, 4.69) is 26.1 Å². The van der Waals surface area contributed by atoms with E-state index in [0.29, 0.717) is 5.65 Å². The molecule has 0 aliphatic carbocycles. The number of H-pyrrole nitrogens is 1. The molecule has 1 saturated heterocycles. The van der Waals surface area contributed by atoms with Gasteiger partial charge < -0.3 is 9.52 Å². The minimum Gasteiger partial charge on any atom is -0.508 e. The van der Waals surface area contributed by atoms with Gasteiger partial charge in [0.1, 0.15) is 17.2 Å². The monoisotopic (exact) mass is 374 g/mol. The van der Waals surface area contributed by atoms with Crippen LogP contribution < -0.4 is 0 Å². The Labute approximate surface area is 162 Å². The quantitative estimate of drug-likeness (QED) is 0.547. The summed E-state index contributed by atoms with van der Waals surface area (Å²) in [5, 5.41) is 17.8. The zero-order valence-corrected chi connectivity index (χ0v) is 15.6. The van der Waals surface area contributed by atoms with E-state index >= 15 is 0 Å². The first-order valence-electron chi connectivity index (χ1n) is 9.72. The van der Waals surface area contributed by atoms with Gasteiger partial charge >= 0.3 is 0 Å². The number of aromatic amines is 1. The number of aromatic nitrogens is 3. The minimum absolute atomic E-state index is 0.241. The number of nitrogens with zero attached hydrogens (tertiary/aromatic N) is 3. The molecular formula is C22H22N4O2. The topological polar surface area (TPSA) is 78.2 Å². The third-order valence-electron chi connectivity index (χ3n) is 5.32. The average molecular weight is 374 g/mol. The van der Waals surface area contributed by atoms with Gasteiger partial charge in [0.2, 0.25) is 0 Å². The van der Waals surface area contributed by atoms with Gasteiger partial charge in [0, 0.05) is 10.9 Å². The summed E-state index contributed by atoms with van der Waals surface area (Å²) in [4.78, 5) is 7.09. The summed E-state index contributed by atoms with van der Waals surface area (Å²) < 4.78 is 6.10. The lowest BCUT2D eigenvalue weighted by Crippen LogP contribution is -2.28. The van der Waals surface area contributed by atoms with Crippen molar-refractivity contribution in [2.45, 2.75) is 25.8 Å². The van der Waals surface area contributed by atoms with Crippen LogP contribution in [0.1, 0.15) is 25.0 Å². The number of phenols is 1. The second-order valence-electron chi connectivity index (χ2n) is 7.32. The molecule has 4 aromatic rings. The molecule has 142 valence electrons. The number of piperidine rings is 1. The summed E-state index contributed by atoms with van der Waals surface area (Å²) in [6.45, 7) is 3.15. The highest BCUT2D eigenvalue weighted by atomic mass is 16.3. The van der Waals surface area contributed by atoms with E-state index in [1.165, 1.54) is 19.3 Å². The smallest absolute Gasteiger partial charge is 0.182 e. The molecule has 3 aromatic heterocycles. The van der Waals surface area contributed by atoms with E-state index in [0.717, 1.165) is 53.5 Å². The van der Waals surface area contributed by atoms with Crippen LogP contribution in [0.2, 0.25) is 0 Å². The van der Waals surface area contributed by atoms with Gasteiger partial charge in [-0.1, -0.05) is 6.42 Å². The molecule has 4 heterocycles. The highest BCUT2D eigenvalue weighted by Crippen LogP contribution is 2.30. The van der Waals surface area contributed by atoms with Crippen molar-refractivity contribution in [3.8, 4) is 28.5 Å². The van der Waals surface area contributed by atoms with Crippen molar-refractivity contribution in [3.63, 3.8) is 0 Å². The van der Waals surface area contributed by atoms with Gasteiger partial charge in [-0.2, -0.15) is 5.10 Å². The number of hydrogen-bond acceptors (Lipinski definition) is 5. The van der Waals surface area contributed by atoms with Crippen LogP contribution in [0.25, 0.3) is 33.7 Å². The molecule has 28 heavy (non-hydrogen) atoms. The Bertz CT molecular complexity index is 1090. The van der Waals surface area contributed by atoms with Crippen LogP contribution in [0.3, 0.4) is 0 Å². The lowest BCUT2D eigenvalue weighted by molar-refractivity contribution is 0.206. The second-order valence-corrected chi connectivity index (χ2v) is 7.32. The van der Waals surface area contributed by atoms with Crippen LogP contribution in [-0.2, 0) is 6.54 Å². The van der Waals surface area contributed by atoms with Gasteiger partial charge in [-0.3, -0.25) is 10.00 Å². The average Bonchev–Trinajstić information content (AvgIpc) is 3.35. The molecule has 0 amide bonds. The number of nitrogens with one attached hydrogen (secondary N) is 1. The molecule has 0 bridgehead atoms. The third-order valence-corrected chi connectivity index (χ3v) is 5.32. The van der Waals surface area contributed by atoms with Gasteiger partial charge in [-0.05, 0) is 74.5 Å². The van der Waals surface area contributed by atoms with Gasteiger partial charge in [0.25, 0.3) is 0 Å². The summed E-state index contributed by atoms with van der Waals surface area (Å²) in [6.07, 6.45) is 3.88. The number of phenolic OH excluding ortho intramolecular Hbond substituents is 1. The van der Waals surface area contributed by atoms with Crippen LogP contribution in [0, 0.1) is 0 Å². The van der Waals surface area contributed by atoms with Crippen LogP contribution in [0.15, 0.2) is 52.9 Å². The minimum atomic E-state index is 0.241. The number of fused-ring (bicyclic) bond motifs is 1. The zero-order chi connectivity index (χ0) is 18.9. The molecular weight excluding hydrogens is 352 g/mol. The molecule has 1 fully saturated rings. The number of aromatic hydroxyl groups is 1. The van der Waals surface area contributed by atoms with E-state index in [-0.39, 0.29) is 5.75 Å². The van der Waals surface area contributed by atoms with Crippen LogP contribution in [-0.4, -0.2) is 38.3 Å². The number of hydrogen-bond donors (Lipinski definition) is 2. The first-order chi connectivity index (χ1) is 13.8. The molecule has 0 atom stereocenters. The Balaban J connectivity index is 1.41. The highest BCUT2D eigenvalue weighted by molar-refractivity contribution is 5.90. The van der Waals surface area contributed by atoms with Gasteiger partial charge in [-0.25, -0.2) is 4.98 Å². The summed E-state index contributed by atoms with van der Waals surface area (Å²) in [6, 6.07) is 15.0. The predicted molar refractivity (Wildman–Crippen MR) is 108 cm³/mol. The molecule has 1 aromatic carbocycles.